The molecule has 1 aliphatic carbocycles. The fraction of sp³-hybridized carbons (Fsp3) is 0.955. The maximum atomic E-state index is 5.58. The first-order chi connectivity index (χ1) is 13.7. The second-order valence-electron chi connectivity index (χ2n) is 8.77. The normalized spacial score (nSPS) is 25.1. The summed E-state index contributed by atoms with van der Waals surface area (Å²) in [6.07, 6.45) is 6.60. The van der Waals surface area contributed by atoms with Gasteiger partial charge in [0.15, 0.2) is 5.96 Å². The molecular formula is C22H44IN5O. The zero-order valence-corrected chi connectivity index (χ0v) is 21.2. The van der Waals surface area contributed by atoms with Crippen LogP contribution in [0, 0.1) is 11.8 Å². The van der Waals surface area contributed by atoms with E-state index in [-0.39, 0.29) is 24.0 Å². The minimum absolute atomic E-state index is 0. The Kier molecular flexibility index (Phi) is 11.6. The Hall–Kier alpha value is -0.120. The molecule has 3 fully saturated rings. The Morgan fingerprint density at radius 3 is 2.38 bits per heavy atom. The third-order valence-electron chi connectivity index (χ3n) is 6.83. The molecule has 1 saturated carbocycles. The van der Waals surface area contributed by atoms with E-state index >= 15 is 0 Å². The summed E-state index contributed by atoms with van der Waals surface area (Å²) in [4.78, 5) is 10.3. The predicted octanol–water partition coefficient (Wildman–Crippen LogP) is 2.78. The van der Waals surface area contributed by atoms with E-state index in [4.69, 9.17) is 9.73 Å². The Bertz CT molecular complexity index is 478. The maximum absolute atomic E-state index is 5.58. The van der Waals surface area contributed by atoms with Crippen LogP contribution in [0.15, 0.2) is 4.99 Å². The number of aliphatic imine (C=N–C) groups is 1. The lowest BCUT2D eigenvalue weighted by molar-refractivity contribution is 0.00395. The molecule has 29 heavy (non-hydrogen) atoms. The van der Waals surface area contributed by atoms with E-state index in [1.165, 1.54) is 45.2 Å². The molecule has 2 saturated heterocycles. The zero-order chi connectivity index (χ0) is 19.8. The van der Waals surface area contributed by atoms with Crippen molar-refractivity contribution in [1.82, 2.24) is 20.4 Å². The van der Waals surface area contributed by atoms with Gasteiger partial charge in [0.05, 0.1) is 19.8 Å². The molecular weight excluding hydrogens is 477 g/mol. The topological polar surface area (TPSA) is 52.1 Å². The molecule has 2 heterocycles. The fourth-order valence-corrected chi connectivity index (χ4v) is 4.87. The molecule has 0 aromatic rings. The van der Waals surface area contributed by atoms with Crippen molar-refractivity contribution in [2.24, 2.45) is 16.8 Å². The molecule has 3 aliphatic rings. The Morgan fingerprint density at radius 2 is 1.76 bits per heavy atom. The molecule has 7 heteroatoms. The number of hydrogen-bond donors (Lipinski definition) is 2. The van der Waals surface area contributed by atoms with Crippen LogP contribution >= 0.6 is 24.0 Å². The van der Waals surface area contributed by atoms with Gasteiger partial charge in [-0.1, -0.05) is 26.7 Å². The lowest BCUT2D eigenvalue weighted by Crippen LogP contribution is -2.49. The molecule has 2 atom stereocenters. The van der Waals surface area contributed by atoms with Gasteiger partial charge in [0.2, 0.25) is 0 Å². The molecule has 2 aliphatic heterocycles. The fourth-order valence-electron chi connectivity index (χ4n) is 4.87. The molecule has 2 N–H and O–H groups in total. The maximum Gasteiger partial charge on any atom is 0.191 e. The number of guanidine groups is 1. The summed E-state index contributed by atoms with van der Waals surface area (Å²) >= 11 is 0. The molecule has 0 aromatic carbocycles. The lowest BCUT2D eigenvalue weighted by atomic mass is 9.92. The number of rotatable bonds is 10. The molecule has 170 valence electrons. The van der Waals surface area contributed by atoms with Gasteiger partial charge in [-0.2, -0.15) is 0 Å². The van der Waals surface area contributed by atoms with E-state index < -0.39 is 0 Å². The monoisotopic (exact) mass is 521 g/mol. The number of halogens is 1. The van der Waals surface area contributed by atoms with Crippen LogP contribution in [-0.2, 0) is 4.74 Å². The van der Waals surface area contributed by atoms with Crippen molar-refractivity contribution in [3.63, 3.8) is 0 Å². The predicted molar refractivity (Wildman–Crippen MR) is 132 cm³/mol. The summed E-state index contributed by atoms with van der Waals surface area (Å²) in [5, 5.41) is 7.11. The van der Waals surface area contributed by atoms with Crippen molar-refractivity contribution in [3.05, 3.63) is 0 Å². The van der Waals surface area contributed by atoms with Crippen LogP contribution < -0.4 is 10.6 Å². The van der Waals surface area contributed by atoms with E-state index in [9.17, 15) is 0 Å². The molecule has 3 rings (SSSR count). The third kappa shape index (κ3) is 7.82. The first-order valence-corrected chi connectivity index (χ1v) is 11.8. The number of likely N-dealkylation sites (tertiary alicyclic amines) is 1. The molecule has 0 radical (unpaired) electrons. The second-order valence-corrected chi connectivity index (χ2v) is 8.77. The molecule has 0 aromatic heterocycles. The minimum atomic E-state index is 0. The van der Waals surface area contributed by atoms with Gasteiger partial charge in [-0.15, -0.1) is 24.0 Å². The van der Waals surface area contributed by atoms with Gasteiger partial charge in [0.1, 0.15) is 0 Å². The highest BCUT2D eigenvalue weighted by Gasteiger charge is 2.34. The highest BCUT2D eigenvalue weighted by molar-refractivity contribution is 14.0. The summed E-state index contributed by atoms with van der Waals surface area (Å²) in [5.74, 6) is 2.46. The Balaban J connectivity index is 0.00000300. The van der Waals surface area contributed by atoms with E-state index in [0.29, 0.717) is 12.0 Å². The highest BCUT2D eigenvalue weighted by Crippen LogP contribution is 2.31. The van der Waals surface area contributed by atoms with Crippen molar-refractivity contribution < 1.29 is 4.74 Å². The van der Waals surface area contributed by atoms with Gasteiger partial charge in [0.25, 0.3) is 0 Å². The number of ether oxygens (including phenoxy) is 1. The molecule has 0 spiro atoms. The SMILES string of the molecule is CCNC(=NCC(C(CC)CC)N1CCOCC1)NCC1CCN(C2CC2)C1.I. The van der Waals surface area contributed by atoms with Crippen molar-refractivity contribution in [1.29, 1.82) is 0 Å². The number of hydrogen-bond acceptors (Lipinski definition) is 4. The third-order valence-corrected chi connectivity index (χ3v) is 6.83. The quantitative estimate of drug-likeness (QED) is 0.263. The molecule has 6 nitrogen and oxygen atoms in total. The van der Waals surface area contributed by atoms with Crippen LogP contribution in [0.5, 0.6) is 0 Å². The summed E-state index contributed by atoms with van der Waals surface area (Å²) in [6, 6.07) is 1.42. The van der Waals surface area contributed by atoms with Crippen LogP contribution in [0.1, 0.15) is 52.9 Å². The van der Waals surface area contributed by atoms with Gasteiger partial charge in [0, 0.05) is 44.8 Å². The summed E-state index contributed by atoms with van der Waals surface area (Å²) in [7, 11) is 0. The first-order valence-electron chi connectivity index (χ1n) is 11.8. The molecule has 0 bridgehead atoms. The van der Waals surface area contributed by atoms with E-state index in [0.717, 1.165) is 63.9 Å². The number of nitrogens with zero attached hydrogens (tertiary/aromatic N) is 3. The van der Waals surface area contributed by atoms with Crippen LogP contribution in [0.3, 0.4) is 0 Å². The van der Waals surface area contributed by atoms with Gasteiger partial charge in [-0.05, 0) is 44.6 Å². The summed E-state index contributed by atoms with van der Waals surface area (Å²) < 4.78 is 5.58. The van der Waals surface area contributed by atoms with Gasteiger partial charge >= 0.3 is 0 Å². The molecule has 2 unspecified atom stereocenters. The standard InChI is InChI=1S/C22H43N5O.HI/c1-4-19(5-2)21(26-11-13-28-14-12-26)16-25-22(23-6-3)24-15-18-9-10-27(17-18)20-7-8-20;/h18-21H,4-17H2,1-3H3,(H2,23,24,25);1H. The van der Waals surface area contributed by atoms with E-state index in [1.54, 1.807) is 0 Å². The Labute approximate surface area is 195 Å². The van der Waals surface area contributed by atoms with Gasteiger partial charge in [-0.3, -0.25) is 9.89 Å². The molecule has 0 amide bonds. The van der Waals surface area contributed by atoms with Crippen molar-refractivity contribution in [3.8, 4) is 0 Å². The van der Waals surface area contributed by atoms with Gasteiger partial charge < -0.3 is 20.3 Å². The highest BCUT2D eigenvalue weighted by atomic mass is 127. The average Bonchev–Trinajstić information content (AvgIpc) is 3.48. The van der Waals surface area contributed by atoms with Gasteiger partial charge in [-0.25, -0.2) is 0 Å². The van der Waals surface area contributed by atoms with Crippen molar-refractivity contribution in [2.45, 2.75) is 65.0 Å². The zero-order valence-electron chi connectivity index (χ0n) is 18.9. The van der Waals surface area contributed by atoms with Crippen molar-refractivity contribution in [2.75, 3.05) is 59.0 Å². The van der Waals surface area contributed by atoms with Crippen LogP contribution in [-0.4, -0.2) is 86.9 Å². The van der Waals surface area contributed by atoms with Crippen LogP contribution in [0.2, 0.25) is 0 Å². The minimum Gasteiger partial charge on any atom is -0.379 e. The van der Waals surface area contributed by atoms with E-state index in [1.807, 2.05) is 0 Å². The number of morpholine rings is 1. The Morgan fingerprint density at radius 1 is 1.03 bits per heavy atom. The van der Waals surface area contributed by atoms with E-state index in [2.05, 4.69) is 41.2 Å². The largest absolute Gasteiger partial charge is 0.379 e. The summed E-state index contributed by atoms with van der Waals surface area (Å²) in [5.41, 5.74) is 0. The smallest absolute Gasteiger partial charge is 0.191 e. The van der Waals surface area contributed by atoms with Crippen LogP contribution in [0.25, 0.3) is 0 Å². The van der Waals surface area contributed by atoms with Crippen molar-refractivity contribution >= 4 is 29.9 Å². The number of nitrogens with one attached hydrogen (secondary N) is 2. The average molecular weight is 522 g/mol. The lowest BCUT2D eigenvalue weighted by Gasteiger charge is -2.38. The summed E-state index contributed by atoms with van der Waals surface area (Å²) in [6.45, 7) is 16.0. The van der Waals surface area contributed by atoms with Crippen LogP contribution in [0.4, 0.5) is 0 Å². The first kappa shape index (κ1) is 25.1. The second kappa shape index (κ2) is 13.3.